The second-order valence-electron chi connectivity index (χ2n) is 1.46. The molecule has 0 aliphatic heterocycles. The van der Waals surface area contributed by atoms with Crippen LogP contribution in [0.15, 0.2) is 12.7 Å². The number of carbonyl (C=O) groups excluding carboxylic acids is 1. The maximum absolute atomic E-state index is 11.9. The third kappa shape index (κ3) is 1.61. The van der Waals surface area contributed by atoms with Gasteiger partial charge in [-0.25, -0.2) is 4.79 Å². The van der Waals surface area contributed by atoms with Gasteiger partial charge in [0.2, 0.25) is 0 Å². The van der Waals surface area contributed by atoms with Crippen molar-refractivity contribution in [1.29, 1.82) is 0 Å². The lowest BCUT2D eigenvalue weighted by molar-refractivity contribution is -0.158. The van der Waals surface area contributed by atoms with E-state index < -0.39 is 17.7 Å². The number of aliphatic carboxylic acids is 1. The summed E-state index contributed by atoms with van der Waals surface area (Å²) in [6, 6.07) is 0. The van der Waals surface area contributed by atoms with Crippen molar-refractivity contribution in [2.45, 2.75) is 5.92 Å². The zero-order valence-corrected chi connectivity index (χ0v) is 4.80. The van der Waals surface area contributed by atoms with Crippen molar-refractivity contribution in [3.05, 3.63) is 12.7 Å². The Balaban J connectivity index is 4.49. The lowest BCUT2D eigenvalue weighted by Crippen LogP contribution is -2.32. The second kappa shape index (κ2) is 2.55. The zero-order chi connectivity index (χ0) is 8.36. The molecule has 0 saturated heterocycles. The molecular formula is C5H4F2O3. The number of ketones is 1. The summed E-state index contributed by atoms with van der Waals surface area (Å²) in [6.07, 6.45) is -0.0105. The minimum Gasteiger partial charge on any atom is -0.475 e. The van der Waals surface area contributed by atoms with Crippen molar-refractivity contribution in [1.82, 2.24) is 0 Å². The molecule has 10 heavy (non-hydrogen) atoms. The molecule has 0 aliphatic carbocycles. The van der Waals surface area contributed by atoms with Crippen LogP contribution in [0.5, 0.6) is 0 Å². The highest BCUT2D eigenvalue weighted by Crippen LogP contribution is 2.15. The van der Waals surface area contributed by atoms with Crippen LogP contribution >= 0.6 is 0 Å². The van der Waals surface area contributed by atoms with Crippen LogP contribution in [-0.2, 0) is 9.59 Å². The van der Waals surface area contributed by atoms with Crippen molar-refractivity contribution in [3.8, 4) is 0 Å². The van der Waals surface area contributed by atoms with Crippen molar-refractivity contribution in [2.75, 3.05) is 0 Å². The fourth-order valence-electron chi connectivity index (χ4n) is 0.235. The summed E-state index contributed by atoms with van der Waals surface area (Å²) in [7, 11) is 0. The lowest BCUT2D eigenvalue weighted by Gasteiger charge is -2.03. The quantitative estimate of drug-likeness (QED) is 0.469. The Kier molecular flexibility index (Phi) is 2.23. The number of hydrogen-bond donors (Lipinski definition) is 1. The minimum absolute atomic E-state index is 0.0105. The van der Waals surface area contributed by atoms with E-state index in [1.165, 1.54) is 0 Å². The number of rotatable bonds is 3. The maximum atomic E-state index is 11.9. The molecule has 0 rings (SSSR count). The average Bonchev–Trinajstić information content (AvgIpc) is 1.86. The van der Waals surface area contributed by atoms with Gasteiger partial charge < -0.3 is 5.11 Å². The van der Waals surface area contributed by atoms with E-state index in [1.54, 1.807) is 0 Å². The fraction of sp³-hybridized carbons (Fsp3) is 0.200. The molecule has 0 aromatic carbocycles. The number of halogens is 2. The summed E-state index contributed by atoms with van der Waals surface area (Å²) in [5.74, 6) is -8.28. The van der Waals surface area contributed by atoms with Crippen LogP contribution < -0.4 is 0 Å². The molecule has 0 atom stereocenters. The van der Waals surface area contributed by atoms with Crippen molar-refractivity contribution in [3.63, 3.8) is 0 Å². The van der Waals surface area contributed by atoms with Crippen molar-refractivity contribution in [2.24, 2.45) is 0 Å². The molecule has 3 nitrogen and oxygen atoms in total. The van der Waals surface area contributed by atoms with Gasteiger partial charge in [0.1, 0.15) is 0 Å². The van der Waals surface area contributed by atoms with Crippen LogP contribution in [0.4, 0.5) is 8.78 Å². The van der Waals surface area contributed by atoms with Gasteiger partial charge in [0.25, 0.3) is 0 Å². The molecule has 0 unspecified atom stereocenters. The van der Waals surface area contributed by atoms with Gasteiger partial charge >= 0.3 is 17.7 Å². The van der Waals surface area contributed by atoms with Crippen LogP contribution in [0.1, 0.15) is 0 Å². The van der Waals surface area contributed by atoms with Crippen molar-refractivity contribution >= 4 is 11.8 Å². The van der Waals surface area contributed by atoms with Gasteiger partial charge in [-0.2, -0.15) is 8.78 Å². The van der Waals surface area contributed by atoms with Crippen LogP contribution in [0.25, 0.3) is 0 Å². The van der Waals surface area contributed by atoms with E-state index in [4.69, 9.17) is 5.11 Å². The van der Waals surface area contributed by atoms with E-state index in [9.17, 15) is 18.4 Å². The van der Waals surface area contributed by atoms with Gasteiger partial charge in [0, 0.05) is 0 Å². The molecule has 0 bridgehead atoms. The van der Waals surface area contributed by atoms with E-state index in [-0.39, 0.29) is 6.08 Å². The molecule has 0 aliphatic rings. The Morgan fingerprint density at radius 3 is 2.00 bits per heavy atom. The first-order valence-corrected chi connectivity index (χ1v) is 2.21. The Bertz CT molecular complexity index is 185. The highest BCUT2D eigenvalue weighted by Gasteiger charge is 2.39. The molecule has 0 saturated carbocycles. The standard InChI is InChI=1S/C5H4F2O3/c1-2-5(6,7)3(8)4(9)10/h2H,1H2,(H,9,10). The number of carboxylic acid groups (broad SMARTS) is 1. The fourth-order valence-corrected chi connectivity index (χ4v) is 0.235. The monoisotopic (exact) mass is 150 g/mol. The topological polar surface area (TPSA) is 54.4 Å². The van der Waals surface area contributed by atoms with Crippen LogP contribution in [0.2, 0.25) is 0 Å². The minimum atomic E-state index is -3.95. The Hall–Kier alpha value is -1.26. The van der Waals surface area contributed by atoms with E-state index in [0.29, 0.717) is 0 Å². The van der Waals surface area contributed by atoms with E-state index in [1.807, 2.05) is 0 Å². The predicted molar refractivity (Wildman–Crippen MR) is 27.8 cm³/mol. The van der Waals surface area contributed by atoms with Crippen molar-refractivity contribution < 1.29 is 23.5 Å². The maximum Gasteiger partial charge on any atom is 0.379 e. The molecule has 1 N–H and O–H groups in total. The highest BCUT2D eigenvalue weighted by molar-refractivity contribution is 6.36. The average molecular weight is 150 g/mol. The third-order valence-electron chi connectivity index (χ3n) is 0.753. The molecule has 0 spiro atoms. The zero-order valence-electron chi connectivity index (χ0n) is 4.80. The Morgan fingerprint density at radius 1 is 1.50 bits per heavy atom. The lowest BCUT2D eigenvalue weighted by atomic mass is 10.2. The molecule has 0 aromatic rings. The summed E-state index contributed by atoms with van der Waals surface area (Å²) >= 11 is 0. The molecule has 5 heteroatoms. The molecule has 0 radical (unpaired) electrons. The van der Waals surface area contributed by atoms with Gasteiger partial charge in [-0.1, -0.05) is 6.58 Å². The summed E-state index contributed by atoms with van der Waals surface area (Å²) in [4.78, 5) is 19.6. The number of alkyl halides is 2. The number of carbonyl (C=O) groups is 2. The SMILES string of the molecule is C=CC(F)(F)C(=O)C(=O)O. The number of allylic oxidation sites excluding steroid dienone is 1. The summed E-state index contributed by atoms with van der Waals surface area (Å²) in [5, 5.41) is 7.77. The summed E-state index contributed by atoms with van der Waals surface area (Å²) in [5.41, 5.74) is 0. The van der Waals surface area contributed by atoms with Crippen LogP contribution in [0.3, 0.4) is 0 Å². The van der Waals surface area contributed by atoms with Crippen LogP contribution in [0, 0.1) is 0 Å². The second-order valence-corrected chi connectivity index (χ2v) is 1.46. The normalized spacial score (nSPS) is 10.6. The number of Topliss-reactive ketones (excluding diaryl/α,β-unsaturated/α-hetero) is 1. The van der Waals surface area contributed by atoms with E-state index >= 15 is 0 Å². The van der Waals surface area contributed by atoms with Gasteiger partial charge in [0.05, 0.1) is 0 Å². The predicted octanol–water partition coefficient (Wildman–Crippen LogP) is 0.461. The molecule has 0 aromatic heterocycles. The number of hydrogen-bond acceptors (Lipinski definition) is 2. The first-order chi connectivity index (χ1) is 4.41. The first kappa shape index (κ1) is 8.74. The molecule has 56 valence electrons. The molecule has 0 fully saturated rings. The van der Waals surface area contributed by atoms with Gasteiger partial charge in [0.15, 0.2) is 0 Å². The van der Waals surface area contributed by atoms with E-state index in [2.05, 4.69) is 6.58 Å². The molecule has 0 heterocycles. The van der Waals surface area contributed by atoms with Gasteiger partial charge in [-0.15, -0.1) is 0 Å². The highest BCUT2D eigenvalue weighted by atomic mass is 19.3. The van der Waals surface area contributed by atoms with E-state index in [0.717, 1.165) is 0 Å². The first-order valence-electron chi connectivity index (χ1n) is 2.21. The Labute approximate surface area is 55.0 Å². The van der Waals surface area contributed by atoms with Gasteiger partial charge in [-0.05, 0) is 6.08 Å². The third-order valence-corrected chi connectivity index (χ3v) is 0.753. The smallest absolute Gasteiger partial charge is 0.379 e. The number of carboxylic acids is 1. The molecular weight excluding hydrogens is 146 g/mol. The largest absolute Gasteiger partial charge is 0.475 e. The van der Waals surface area contributed by atoms with Gasteiger partial charge in [-0.3, -0.25) is 4.79 Å². The van der Waals surface area contributed by atoms with Crippen LogP contribution in [-0.4, -0.2) is 22.8 Å². The summed E-state index contributed by atoms with van der Waals surface area (Å²) < 4.78 is 23.9. The molecule has 0 amide bonds. The Morgan fingerprint density at radius 2 is 1.90 bits per heavy atom. The summed E-state index contributed by atoms with van der Waals surface area (Å²) in [6.45, 7) is 2.60.